The van der Waals surface area contributed by atoms with Crippen molar-refractivity contribution in [2.75, 3.05) is 22.5 Å². The maximum Gasteiger partial charge on any atom is 0.251 e. The summed E-state index contributed by atoms with van der Waals surface area (Å²) in [5.41, 5.74) is 3.01. The minimum atomic E-state index is -0.499. The Labute approximate surface area is 200 Å². The van der Waals surface area contributed by atoms with Crippen molar-refractivity contribution < 1.29 is 14.4 Å². The molecule has 0 fully saturated rings. The molecule has 3 aromatic rings. The Morgan fingerprint density at radius 2 is 1.41 bits per heavy atom. The average Bonchev–Trinajstić information content (AvgIpc) is 2.82. The van der Waals surface area contributed by atoms with Gasteiger partial charge in [0, 0.05) is 34.6 Å². The summed E-state index contributed by atoms with van der Waals surface area (Å²) in [6, 6.07) is 23.6. The van der Waals surface area contributed by atoms with Crippen molar-refractivity contribution in [3.05, 3.63) is 90.0 Å². The van der Waals surface area contributed by atoms with Crippen LogP contribution in [0.25, 0.3) is 0 Å². The van der Waals surface area contributed by atoms with Gasteiger partial charge in [-0.1, -0.05) is 57.2 Å². The lowest BCUT2D eigenvalue weighted by atomic mass is 9.95. The molecule has 3 rings (SSSR count). The molecular weight excluding hydrogens is 428 g/mol. The van der Waals surface area contributed by atoms with Gasteiger partial charge in [0.05, 0.1) is 6.54 Å². The highest BCUT2D eigenvalue weighted by molar-refractivity contribution is 5.97. The summed E-state index contributed by atoms with van der Waals surface area (Å²) in [7, 11) is 0. The van der Waals surface area contributed by atoms with E-state index in [9.17, 15) is 14.4 Å². The number of benzene rings is 3. The Morgan fingerprint density at radius 3 is 2.09 bits per heavy atom. The first-order valence-electron chi connectivity index (χ1n) is 11.1. The highest BCUT2D eigenvalue weighted by atomic mass is 16.2. The monoisotopic (exact) mass is 458 g/mol. The molecule has 7 heteroatoms. The standard InChI is InChI=1S/C27H30N4O3/c1-27(2,3)26(34)31-23-11-7-10-22(16-23)28-18-24(32)30-21-14-12-20(13-15-21)25(33)29-17-19-8-5-4-6-9-19/h4-16,28H,17-18H2,1-3H3,(H,29,33)(H,30,32)(H,31,34). The van der Waals surface area contributed by atoms with Crippen LogP contribution in [0.15, 0.2) is 78.9 Å². The summed E-state index contributed by atoms with van der Waals surface area (Å²) in [6.45, 7) is 6.04. The van der Waals surface area contributed by atoms with Gasteiger partial charge in [-0.3, -0.25) is 14.4 Å². The summed E-state index contributed by atoms with van der Waals surface area (Å²) < 4.78 is 0. The molecule has 7 nitrogen and oxygen atoms in total. The van der Waals surface area contributed by atoms with Crippen molar-refractivity contribution in [2.24, 2.45) is 5.41 Å². The van der Waals surface area contributed by atoms with E-state index < -0.39 is 5.41 Å². The van der Waals surface area contributed by atoms with Crippen LogP contribution in [0.3, 0.4) is 0 Å². The number of hydrogen-bond donors (Lipinski definition) is 4. The first kappa shape index (κ1) is 24.5. The van der Waals surface area contributed by atoms with Gasteiger partial charge in [-0.15, -0.1) is 0 Å². The van der Waals surface area contributed by atoms with Crippen molar-refractivity contribution in [3.63, 3.8) is 0 Å². The molecule has 3 amide bonds. The minimum absolute atomic E-state index is 0.0516. The summed E-state index contributed by atoms with van der Waals surface area (Å²) in [6.07, 6.45) is 0. The molecular formula is C27H30N4O3. The lowest BCUT2D eigenvalue weighted by Crippen LogP contribution is -2.27. The fraction of sp³-hybridized carbons (Fsp3) is 0.222. The van der Waals surface area contributed by atoms with Gasteiger partial charge < -0.3 is 21.3 Å². The Hall–Kier alpha value is -4.13. The second-order valence-corrected chi connectivity index (χ2v) is 8.93. The Balaban J connectivity index is 1.47. The quantitative estimate of drug-likeness (QED) is 0.395. The average molecular weight is 459 g/mol. The fourth-order valence-electron chi connectivity index (χ4n) is 3.00. The number of carbonyl (C=O) groups is 3. The van der Waals surface area contributed by atoms with Crippen LogP contribution in [0.4, 0.5) is 17.1 Å². The Bertz CT molecular complexity index is 1140. The highest BCUT2D eigenvalue weighted by Gasteiger charge is 2.21. The van der Waals surface area contributed by atoms with Gasteiger partial charge in [0.15, 0.2) is 0 Å². The number of hydrogen-bond acceptors (Lipinski definition) is 4. The Kier molecular flexibility index (Phi) is 8.03. The molecule has 3 aromatic carbocycles. The molecule has 0 unspecified atom stereocenters. The van der Waals surface area contributed by atoms with Crippen LogP contribution in [-0.4, -0.2) is 24.3 Å². The van der Waals surface area contributed by atoms with Crippen molar-refractivity contribution in [1.29, 1.82) is 0 Å². The first-order valence-corrected chi connectivity index (χ1v) is 11.1. The zero-order valence-corrected chi connectivity index (χ0v) is 19.6. The third-order valence-corrected chi connectivity index (χ3v) is 4.98. The highest BCUT2D eigenvalue weighted by Crippen LogP contribution is 2.20. The van der Waals surface area contributed by atoms with Crippen molar-refractivity contribution in [1.82, 2.24) is 5.32 Å². The second-order valence-electron chi connectivity index (χ2n) is 8.93. The molecule has 0 heterocycles. The van der Waals surface area contributed by atoms with Crippen LogP contribution in [0.2, 0.25) is 0 Å². The van der Waals surface area contributed by atoms with Crippen LogP contribution in [0, 0.1) is 5.41 Å². The molecule has 0 radical (unpaired) electrons. The topological polar surface area (TPSA) is 99.3 Å². The van der Waals surface area contributed by atoms with E-state index in [1.807, 2.05) is 57.2 Å². The molecule has 0 aliphatic heterocycles. The zero-order chi connectivity index (χ0) is 24.6. The zero-order valence-electron chi connectivity index (χ0n) is 19.6. The SMILES string of the molecule is CC(C)(C)C(=O)Nc1cccc(NCC(=O)Nc2ccc(C(=O)NCc3ccccc3)cc2)c1. The van der Waals surface area contributed by atoms with Crippen LogP contribution >= 0.6 is 0 Å². The third kappa shape index (κ3) is 7.48. The molecule has 176 valence electrons. The normalized spacial score (nSPS) is 10.8. The van der Waals surface area contributed by atoms with E-state index in [0.29, 0.717) is 29.2 Å². The molecule has 0 spiro atoms. The Morgan fingerprint density at radius 1 is 0.735 bits per heavy atom. The molecule has 0 bridgehead atoms. The fourth-order valence-corrected chi connectivity index (χ4v) is 3.00. The predicted molar refractivity (Wildman–Crippen MR) is 136 cm³/mol. The lowest BCUT2D eigenvalue weighted by Gasteiger charge is -2.18. The van der Waals surface area contributed by atoms with Gasteiger partial charge in [0.1, 0.15) is 0 Å². The van der Waals surface area contributed by atoms with E-state index in [4.69, 9.17) is 0 Å². The van der Waals surface area contributed by atoms with Crippen LogP contribution < -0.4 is 21.3 Å². The van der Waals surface area contributed by atoms with Gasteiger partial charge in [0.2, 0.25) is 11.8 Å². The van der Waals surface area contributed by atoms with E-state index >= 15 is 0 Å². The van der Waals surface area contributed by atoms with E-state index in [1.54, 1.807) is 42.5 Å². The third-order valence-electron chi connectivity index (χ3n) is 4.98. The number of amides is 3. The van der Waals surface area contributed by atoms with Crippen LogP contribution in [0.5, 0.6) is 0 Å². The number of anilines is 3. The van der Waals surface area contributed by atoms with E-state index in [0.717, 1.165) is 5.56 Å². The molecule has 34 heavy (non-hydrogen) atoms. The van der Waals surface area contributed by atoms with E-state index in [1.165, 1.54) is 0 Å². The van der Waals surface area contributed by atoms with Gasteiger partial charge in [-0.05, 0) is 48.0 Å². The number of nitrogens with one attached hydrogen (secondary N) is 4. The molecule has 4 N–H and O–H groups in total. The van der Waals surface area contributed by atoms with Crippen molar-refractivity contribution >= 4 is 34.8 Å². The maximum atomic E-state index is 12.3. The summed E-state index contributed by atoms with van der Waals surface area (Å²) in [5, 5.41) is 11.6. The second kappa shape index (κ2) is 11.1. The summed E-state index contributed by atoms with van der Waals surface area (Å²) >= 11 is 0. The van der Waals surface area contributed by atoms with Gasteiger partial charge >= 0.3 is 0 Å². The van der Waals surface area contributed by atoms with Crippen molar-refractivity contribution in [3.8, 4) is 0 Å². The number of rotatable bonds is 8. The lowest BCUT2D eigenvalue weighted by molar-refractivity contribution is -0.123. The van der Waals surface area contributed by atoms with E-state index in [-0.39, 0.29) is 24.3 Å². The van der Waals surface area contributed by atoms with Gasteiger partial charge in [-0.25, -0.2) is 0 Å². The summed E-state index contributed by atoms with van der Waals surface area (Å²) in [5.74, 6) is -0.494. The maximum absolute atomic E-state index is 12.3. The molecule has 0 saturated carbocycles. The van der Waals surface area contributed by atoms with Crippen LogP contribution in [-0.2, 0) is 16.1 Å². The van der Waals surface area contributed by atoms with Crippen molar-refractivity contribution in [2.45, 2.75) is 27.3 Å². The summed E-state index contributed by atoms with van der Waals surface area (Å²) in [4.78, 5) is 36.8. The molecule has 0 aliphatic rings. The smallest absolute Gasteiger partial charge is 0.251 e. The molecule has 0 atom stereocenters. The molecule has 0 saturated heterocycles. The largest absolute Gasteiger partial charge is 0.376 e. The minimum Gasteiger partial charge on any atom is -0.376 e. The van der Waals surface area contributed by atoms with Gasteiger partial charge in [0.25, 0.3) is 5.91 Å². The molecule has 0 aromatic heterocycles. The first-order chi connectivity index (χ1) is 16.2. The van der Waals surface area contributed by atoms with E-state index in [2.05, 4.69) is 21.3 Å². The predicted octanol–water partition coefficient (Wildman–Crippen LogP) is 4.65. The number of carbonyl (C=O) groups excluding carboxylic acids is 3. The van der Waals surface area contributed by atoms with Crippen LogP contribution in [0.1, 0.15) is 36.7 Å². The molecule has 0 aliphatic carbocycles. The van der Waals surface area contributed by atoms with Gasteiger partial charge in [-0.2, -0.15) is 0 Å².